The van der Waals surface area contributed by atoms with E-state index in [1.165, 1.54) is 32.5 Å². The highest BCUT2D eigenvalue weighted by Crippen LogP contribution is 2.12. The molecule has 1 aliphatic rings. The van der Waals surface area contributed by atoms with Crippen LogP contribution in [0.2, 0.25) is 0 Å². The van der Waals surface area contributed by atoms with Gasteiger partial charge in [-0.15, -0.1) is 0 Å². The summed E-state index contributed by atoms with van der Waals surface area (Å²) in [6.07, 6.45) is 6.83. The molecule has 136 valence electrons. The minimum Gasteiger partial charge on any atom is -0.381 e. The fourth-order valence-electron chi connectivity index (χ4n) is 2.41. The summed E-state index contributed by atoms with van der Waals surface area (Å²) in [5.74, 6) is -1.58. The third kappa shape index (κ3) is 6.39. The van der Waals surface area contributed by atoms with E-state index in [-0.39, 0.29) is 0 Å². The molecule has 7 heteroatoms. The van der Waals surface area contributed by atoms with E-state index in [4.69, 9.17) is 4.74 Å². The Kier molecular flexibility index (Phi) is 9.22. The van der Waals surface area contributed by atoms with Crippen LogP contribution >= 0.6 is 0 Å². The van der Waals surface area contributed by atoms with Crippen LogP contribution in [0.5, 0.6) is 0 Å². The maximum Gasteiger partial charge on any atom is 0.330 e. The Morgan fingerprint density at radius 1 is 1.29 bits per heavy atom. The molecule has 1 fully saturated rings. The number of carbonyl (C=O) groups is 3. The topological polar surface area (TPSA) is 88.1 Å². The van der Waals surface area contributed by atoms with Crippen molar-refractivity contribution in [3.63, 3.8) is 0 Å². The van der Waals surface area contributed by atoms with Crippen molar-refractivity contribution in [2.75, 3.05) is 26.8 Å². The first-order valence-corrected chi connectivity index (χ1v) is 8.71. The Hall–Kier alpha value is -1.76. The molecule has 0 aromatic heterocycles. The molecule has 0 radical (unpaired) electrons. The van der Waals surface area contributed by atoms with E-state index in [9.17, 15) is 14.4 Å². The lowest BCUT2D eigenvalue weighted by Gasteiger charge is -2.24. The molecule has 4 amide bonds. The summed E-state index contributed by atoms with van der Waals surface area (Å²) in [4.78, 5) is 39.7. The van der Waals surface area contributed by atoms with Gasteiger partial charge in [0.1, 0.15) is 0 Å². The van der Waals surface area contributed by atoms with Gasteiger partial charge in [-0.1, -0.05) is 33.1 Å². The third-order valence-corrected chi connectivity index (χ3v) is 4.14. The number of carbonyl (C=O) groups excluding carboxylic acids is 3. The van der Waals surface area contributed by atoms with E-state index in [0.717, 1.165) is 24.3 Å². The van der Waals surface area contributed by atoms with E-state index in [2.05, 4.69) is 24.2 Å². The van der Waals surface area contributed by atoms with Crippen molar-refractivity contribution in [2.45, 2.75) is 46.0 Å². The average Bonchev–Trinajstić information content (AvgIpc) is 2.57. The summed E-state index contributed by atoms with van der Waals surface area (Å²) in [6, 6.07) is -0.698. The largest absolute Gasteiger partial charge is 0.381 e. The van der Waals surface area contributed by atoms with Gasteiger partial charge < -0.3 is 4.74 Å². The summed E-state index contributed by atoms with van der Waals surface area (Å²) in [5, 5.41) is 2.12. The lowest BCUT2D eigenvalue weighted by atomic mass is 10.0. The van der Waals surface area contributed by atoms with E-state index < -0.39 is 23.8 Å². The van der Waals surface area contributed by atoms with Crippen molar-refractivity contribution in [1.82, 2.24) is 10.2 Å². The second kappa shape index (κ2) is 10.9. The average molecular weight is 339 g/mol. The molecule has 0 aliphatic carbocycles. The number of urea groups is 1. The van der Waals surface area contributed by atoms with Crippen molar-refractivity contribution in [3.05, 3.63) is 0 Å². The molecule has 24 heavy (non-hydrogen) atoms. The van der Waals surface area contributed by atoms with Crippen molar-refractivity contribution in [3.8, 4) is 0 Å². The first-order chi connectivity index (χ1) is 11.5. The molecule has 7 nitrogen and oxygen atoms in total. The first kappa shape index (κ1) is 20.3. The summed E-state index contributed by atoms with van der Waals surface area (Å²) in [6.45, 7) is 6.25. The Bertz CT molecular complexity index is 465. The smallest absolute Gasteiger partial charge is 0.330 e. The maximum absolute atomic E-state index is 11.8. The lowest BCUT2D eigenvalue weighted by molar-refractivity contribution is -0.138. The maximum atomic E-state index is 11.8. The van der Waals surface area contributed by atoms with Crippen molar-refractivity contribution in [2.24, 2.45) is 16.8 Å². The van der Waals surface area contributed by atoms with E-state index in [0.29, 0.717) is 19.1 Å². The van der Waals surface area contributed by atoms with Crippen LogP contribution in [0.4, 0.5) is 4.79 Å². The molecular formula is C17H29N3O4. The van der Waals surface area contributed by atoms with Crippen LogP contribution in [0.1, 0.15) is 46.0 Å². The Morgan fingerprint density at radius 3 is 2.71 bits per heavy atom. The number of imide groups is 2. The summed E-state index contributed by atoms with van der Waals surface area (Å²) < 4.78 is 5.68. The first-order valence-electron chi connectivity index (χ1n) is 8.71. The number of unbranched alkanes of at least 4 members (excludes halogenated alkanes) is 1. The highest BCUT2D eigenvalue weighted by atomic mass is 16.5. The molecule has 0 spiro atoms. The van der Waals surface area contributed by atoms with Crippen molar-refractivity contribution < 1.29 is 19.1 Å². The quantitative estimate of drug-likeness (QED) is 0.354. The second-order valence-electron chi connectivity index (χ2n) is 6.07. The van der Waals surface area contributed by atoms with Gasteiger partial charge in [0.05, 0.1) is 0 Å². The van der Waals surface area contributed by atoms with Gasteiger partial charge in [0.15, 0.2) is 5.92 Å². The van der Waals surface area contributed by atoms with Crippen LogP contribution in [-0.2, 0) is 14.3 Å². The molecule has 1 heterocycles. The zero-order chi connectivity index (χ0) is 17.9. The number of barbiturate groups is 1. The van der Waals surface area contributed by atoms with Gasteiger partial charge in [-0.3, -0.25) is 24.8 Å². The van der Waals surface area contributed by atoms with E-state index in [1.54, 1.807) is 0 Å². The number of hydrogen-bond donors (Lipinski definition) is 1. The van der Waals surface area contributed by atoms with Crippen LogP contribution in [0, 0.1) is 11.8 Å². The van der Waals surface area contributed by atoms with Crippen LogP contribution in [0.15, 0.2) is 4.99 Å². The molecule has 1 aliphatic heterocycles. The molecule has 1 N–H and O–H groups in total. The Morgan fingerprint density at radius 2 is 2.04 bits per heavy atom. The fraction of sp³-hybridized carbons (Fsp3) is 0.765. The number of amides is 4. The molecule has 0 saturated carbocycles. The van der Waals surface area contributed by atoms with E-state index in [1.807, 2.05) is 0 Å². The SMILES string of the molecule is CCCC[C@@H](CC)COCCCN=CC1C(=O)NC(=O)N(C)C1=O. The minimum absolute atomic E-state index is 0.487. The Labute approximate surface area is 143 Å². The highest BCUT2D eigenvalue weighted by Gasteiger charge is 2.37. The third-order valence-electron chi connectivity index (χ3n) is 4.14. The molecule has 1 saturated heterocycles. The molecular weight excluding hydrogens is 310 g/mol. The predicted octanol–water partition coefficient (Wildman–Crippen LogP) is 2.00. The van der Waals surface area contributed by atoms with Gasteiger partial charge in [-0.25, -0.2) is 4.79 Å². The zero-order valence-corrected chi connectivity index (χ0v) is 14.9. The lowest BCUT2D eigenvalue weighted by Crippen LogP contribution is -2.56. The molecule has 0 aromatic rings. The van der Waals surface area contributed by atoms with Gasteiger partial charge >= 0.3 is 6.03 Å². The van der Waals surface area contributed by atoms with Gasteiger partial charge in [-0.2, -0.15) is 0 Å². The normalized spacial score (nSPS) is 19.9. The van der Waals surface area contributed by atoms with Crippen molar-refractivity contribution >= 4 is 24.1 Å². The minimum atomic E-state index is -1.02. The molecule has 0 bridgehead atoms. The van der Waals surface area contributed by atoms with Gasteiger partial charge in [0.2, 0.25) is 11.8 Å². The van der Waals surface area contributed by atoms with Gasteiger partial charge in [0.25, 0.3) is 0 Å². The Balaban J connectivity index is 2.22. The van der Waals surface area contributed by atoms with Crippen LogP contribution < -0.4 is 5.32 Å². The number of hydrogen-bond acceptors (Lipinski definition) is 5. The van der Waals surface area contributed by atoms with Gasteiger partial charge in [0, 0.05) is 33.0 Å². The number of rotatable bonds is 11. The molecule has 1 unspecified atom stereocenters. The van der Waals surface area contributed by atoms with Crippen LogP contribution in [-0.4, -0.2) is 55.8 Å². The van der Waals surface area contributed by atoms with Gasteiger partial charge in [-0.05, 0) is 18.8 Å². The van der Waals surface area contributed by atoms with E-state index >= 15 is 0 Å². The summed E-state index contributed by atoms with van der Waals surface area (Å²) >= 11 is 0. The molecule has 1 rings (SSSR count). The zero-order valence-electron chi connectivity index (χ0n) is 14.9. The summed E-state index contributed by atoms with van der Waals surface area (Å²) in [7, 11) is 1.33. The number of nitrogens with one attached hydrogen (secondary N) is 1. The van der Waals surface area contributed by atoms with Crippen LogP contribution in [0.25, 0.3) is 0 Å². The highest BCUT2D eigenvalue weighted by molar-refractivity contribution is 6.23. The molecule has 0 aromatic carbocycles. The monoisotopic (exact) mass is 339 g/mol. The predicted molar refractivity (Wildman–Crippen MR) is 91.9 cm³/mol. The van der Waals surface area contributed by atoms with Crippen LogP contribution in [0.3, 0.4) is 0 Å². The fourth-order valence-corrected chi connectivity index (χ4v) is 2.41. The second-order valence-corrected chi connectivity index (χ2v) is 6.07. The summed E-state index contributed by atoms with van der Waals surface area (Å²) in [5.41, 5.74) is 0. The number of aliphatic imine (C=N–C) groups is 1. The number of nitrogens with zero attached hydrogens (tertiary/aromatic N) is 2. The van der Waals surface area contributed by atoms with Crippen molar-refractivity contribution in [1.29, 1.82) is 0 Å². The standard InChI is InChI=1S/C17H29N3O4/c1-4-6-8-13(5-2)12-24-10-7-9-18-11-14-15(21)19-17(23)20(3)16(14)22/h11,13-14H,4-10,12H2,1-3H3,(H,19,21,23)/t13-,14?/m1/s1. The molecule has 2 atom stereocenters. The number of ether oxygens (including phenoxy) is 1.